The molecule has 1 heterocycles. The van der Waals surface area contributed by atoms with Crippen LogP contribution in [0.2, 0.25) is 5.02 Å². The molecule has 0 aliphatic heterocycles. The maximum atomic E-state index is 12.7. The fraction of sp³-hybridized carbons (Fsp3) is 0.105. The van der Waals surface area contributed by atoms with Crippen LogP contribution in [0.3, 0.4) is 0 Å². The summed E-state index contributed by atoms with van der Waals surface area (Å²) in [4.78, 5) is 39.8. The summed E-state index contributed by atoms with van der Waals surface area (Å²) in [6, 6.07) is 12.3. The number of carbonyl (C=O) groups is 1. The van der Waals surface area contributed by atoms with Gasteiger partial charge < -0.3 is 10.3 Å². The number of hydrogen-bond acceptors (Lipinski definition) is 3. The molecule has 27 heavy (non-hydrogen) atoms. The van der Waals surface area contributed by atoms with E-state index in [2.05, 4.69) is 26.2 Å². The van der Waals surface area contributed by atoms with Gasteiger partial charge in [0.25, 0.3) is 11.5 Å². The molecule has 0 aliphatic rings. The monoisotopic (exact) mass is 447 g/mol. The largest absolute Gasteiger partial charge is 0.328 e. The first-order valence-corrected chi connectivity index (χ1v) is 9.17. The van der Waals surface area contributed by atoms with E-state index in [1.165, 1.54) is 0 Å². The third-order valence-electron chi connectivity index (χ3n) is 3.96. The molecule has 0 aliphatic carbocycles. The first kappa shape index (κ1) is 19.1. The van der Waals surface area contributed by atoms with Gasteiger partial charge >= 0.3 is 5.69 Å². The van der Waals surface area contributed by atoms with Crippen LogP contribution >= 0.6 is 27.5 Å². The number of H-pyrrole nitrogens is 1. The summed E-state index contributed by atoms with van der Waals surface area (Å²) in [5, 5.41) is 3.10. The maximum absolute atomic E-state index is 12.7. The SMILES string of the molecule is Cc1ccc(NC(=O)c2c[nH]c(=O)n(Cc3ccccc3Cl)c2=O)c(Br)c1. The normalized spacial score (nSPS) is 10.6. The minimum absolute atomic E-state index is 0.0385. The van der Waals surface area contributed by atoms with E-state index >= 15 is 0 Å². The zero-order valence-corrected chi connectivity index (χ0v) is 16.6. The molecule has 2 N–H and O–H groups in total. The zero-order chi connectivity index (χ0) is 19.6. The molecule has 0 fully saturated rings. The summed E-state index contributed by atoms with van der Waals surface area (Å²) in [5.41, 5.74) is 0.659. The van der Waals surface area contributed by atoms with Gasteiger partial charge in [-0.05, 0) is 52.2 Å². The van der Waals surface area contributed by atoms with E-state index in [1.54, 1.807) is 30.3 Å². The molecule has 0 bridgehead atoms. The van der Waals surface area contributed by atoms with E-state index in [0.29, 0.717) is 20.7 Å². The van der Waals surface area contributed by atoms with Crippen molar-refractivity contribution in [1.82, 2.24) is 9.55 Å². The van der Waals surface area contributed by atoms with Gasteiger partial charge in [0.15, 0.2) is 0 Å². The van der Waals surface area contributed by atoms with E-state index < -0.39 is 17.2 Å². The summed E-state index contributed by atoms with van der Waals surface area (Å²) in [5.74, 6) is -0.617. The first-order valence-electron chi connectivity index (χ1n) is 8.00. The molecule has 8 heteroatoms. The molecule has 0 radical (unpaired) electrons. The molecule has 3 rings (SSSR count). The zero-order valence-electron chi connectivity index (χ0n) is 14.3. The number of benzene rings is 2. The highest BCUT2D eigenvalue weighted by Gasteiger charge is 2.16. The predicted octanol–water partition coefficient (Wildman–Crippen LogP) is 3.56. The Hall–Kier alpha value is -2.64. The highest BCUT2D eigenvalue weighted by atomic mass is 79.9. The van der Waals surface area contributed by atoms with Crippen LogP contribution in [-0.2, 0) is 6.54 Å². The van der Waals surface area contributed by atoms with Crippen LogP contribution in [0.25, 0.3) is 0 Å². The Morgan fingerprint density at radius 1 is 1.22 bits per heavy atom. The number of rotatable bonds is 4. The molecular weight excluding hydrogens is 434 g/mol. The lowest BCUT2D eigenvalue weighted by Crippen LogP contribution is -2.39. The predicted molar refractivity (Wildman–Crippen MR) is 109 cm³/mol. The van der Waals surface area contributed by atoms with Crippen molar-refractivity contribution in [3.05, 3.63) is 95.7 Å². The second-order valence-corrected chi connectivity index (χ2v) is 7.19. The van der Waals surface area contributed by atoms with Crippen molar-refractivity contribution < 1.29 is 4.79 Å². The smallest absolute Gasteiger partial charge is 0.321 e. The Balaban J connectivity index is 1.95. The third kappa shape index (κ3) is 4.20. The number of amides is 1. The van der Waals surface area contributed by atoms with Gasteiger partial charge in [0, 0.05) is 15.7 Å². The van der Waals surface area contributed by atoms with E-state index in [-0.39, 0.29) is 12.1 Å². The standard InChI is InChI=1S/C19H15BrClN3O3/c1-11-6-7-16(14(20)8-11)23-17(25)13-9-22-19(27)24(18(13)26)10-12-4-2-3-5-15(12)21/h2-9H,10H2,1H3,(H,22,27)(H,23,25). The number of anilines is 1. The van der Waals surface area contributed by atoms with Gasteiger partial charge in [-0.1, -0.05) is 35.9 Å². The van der Waals surface area contributed by atoms with Crippen LogP contribution in [0.1, 0.15) is 21.5 Å². The third-order valence-corrected chi connectivity index (χ3v) is 4.99. The van der Waals surface area contributed by atoms with Crippen molar-refractivity contribution in [2.45, 2.75) is 13.5 Å². The fourth-order valence-corrected chi connectivity index (χ4v) is 3.31. The Bertz CT molecular complexity index is 1140. The quantitative estimate of drug-likeness (QED) is 0.640. The molecule has 0 atom stereocenters. The van der Waals surface area contributed by atoms with Crippen molar-refractivity contribution in [1.29, 1.82) is 0 Å². The second-order valence-electron chi connectivity index (χ2n) is 5.93. The molecule has 6 nitrogen and oxygen atoms in total. The van der Waals surface area contributed by atoms with Crippen LogP contribution in [-0.4, -0.2) is 15.5 Å². The molecule has 0 saturated carbocycles. The minimum atomic E-state index is -0.695. The van der Waals surface area contributed by atoms with Crippen molar-refractivity contribution >= 4 is 39.1 Å². The summed E-state index contributed by atoms with van der Waals surface area (Å²) >= 11 is 9.48. The van der Waals surface area contributed by atoms with Crippen molar-refractivity contribution in [2.75, 3.05) is 5.32 Å². The van der Waals surface area contributed by atoms with Crippen LogP contribution in [0.15, 0.2) is 62.7 Å². The van der Waals surface area contributed by atoms with E-state index in [9.17, 15) is 14.4 Å². The summed E-state index contributed by atoms with van der Waals surface area (Å²) in [7, 11) is 0. The lowest BCUT2D eigenvalue weighted by Gasteiger charge is -2.10. The summed E-state index contributed by atoms with van der Waals surface area (Å²) in [6.07, 6.45) is 1.12. The van der Waals surface area contributed by atoms with E-state index in [1.807, 2.05) is 19.1 Å². The van der Waals surface area contributed by atoms with Crippen LogP contribution in [0, 0.1) is 6.92 Å². The number of aromatic amines is 1. The number of aryl methyl sites for hydroxylation is 1. The second kappa shape index (κ2) is 7.94. The van der Waals surface area contributed by atoms with Crippen LogP contribution in [0.4, 0.5) is 5.69 Å². The number of halogens is 2. The fourth-order valence-electron chi connectivity index (χ4n) is 2.53. The molecule has 0 unspecified atom stereocenters. The first-order chi connectivity index (χ1) is 12.9. The number of hydrogen-bond donors (Lipinski definition) is 2. The lowest BCUT2D eigenvalue weighted by molar-refractivity contribution is 0.102. The number of carbonyl (C=O) groups excluding carboxylic acids is 1. The Morgan fingerprint density at radius 3 is 2.67 bits per heavy atom. The number of aromatic nitrogens is 2. The van der Waals surface area contributed by atoms with Gasteiger partial charge in [0.1, 0.15) is 5.56 Å². The maximum Gasteiger partial charge on any atom is 0.328 e. The van der Waals surface area contributed by atoms with Crippen LogP contribution in [0.5, 0.6) is 0 Å². The molecule has 0 spiro atoms. The van der Waals surface area contributed by atoms with Crippen LogP contribution < -0.4 is 16.6 Å². The lowest BCUT2D eigenvalue weighted by atomic mass is 10.2. The van der Waals surface area contributed by atoms with Crippen molar-refractivity contribution in [2.24, 2.45) is 0 Å². The van der Waals surface area contributed by atoms with Crippen molar-refractivity contribution in [3.63, 3.8) is 0 Å². The van der Waals surface area contributed by atoms with Gasteiger partial charge in [0.2, 0.25) is 0 Å². The Labute approximate surface area is 167 Å². The molecule has 3 aromatic rings. The number of nitrogens with one attached hydrogen (secondary N) is 2. The van der Waals surface area contributed by atoms with Gasteiger partial charge in [-0.2, -0.15) is 0 Å². The molecular formula is C19H15BrClN3O3. The highest BCUT2D eigenvalue weighted by molar-refractivity contribution is 9.10. The highest BCUT2D eigenvalue weighted by Crippen LogP contribution is 2.23. The molecule has 1 amide bonds. The molecule has 0 saturated heterocycles. The molecule has 2 aromatic carbocycles. The average Bonchev–Trinajstić information content (AvgIpc) is 2.62. The average molecular weight is 449 g/mol. The van der Waals surface area contributed by atoms with Gasteiger partial charge in [-0.25, -0.2) is 4.79 Å². The van der Waals surface area contributed by atoms with E-state index in [0.717, 1.165) is 16.3 Å². The molecule has 138 valence electrons. The van der Waals surface area contributed by atoms with Crippen molar-refractivity contribution in [3.8, 4) is 0 Å². The Kier molecular flexibility index (Phi) is 5.62. The van der Waals surface area contributed by atoms with Gasteiger partial charge in [0.05, 0.1) is 12.2 Å². The van der Waals surface area contributed by atoms with Gasteiger partial charge in [-0.3, -0.25) is 14.2 Å². The summed E-state index contributed by atoms with van der Waals surface area (Å²) in [6.45, 7) is 1.88. The molecule has 1 aromatic heterocycles. The van der Waals surface area contributed by atoms with E-state index in [4.69, 9.17) is 11.6 Å². The topological polar surface area (TPSA) is 84.0 Å². The van der Waals surface area contributed by atoms with Gasteiger partial charge in [-0.15, -0.1) is 0 Å². The Morgan fingerprint density at radius 2 is 1.96 bits per heavy atom. The summed E-state index contributed by atoms with van der Waals surface area (Å²) < 4.78 is 1.64. The number of nitrogens with zero attached hydrogens (tertiary/aromatic N) is 1. The minimum Gasteiger partial charge on any atom is -0.321 e.